The summed E-state index contributed by atoms with van der Waals surface area (Å²) in [5.74, 6) is -0.0301. The highest BCUT2D eigenvalue weighted by Crippen LogP contribution is 2.24. The van der Waals surface area contributed by atoms with Crippen LogP contribution >= 0.6 is 11.3 Å². The van der Waals surface area contributed by atoms with Gasteiger partial charge in [-0.25, -0.2) is 4.98 Å². The third-order valence-electron chi connectivity index (χ3n) is 3.04. The Bertz CT molecular complexity index is 770. The second-order valence-corrected chi connectivity index (χ2v) is 5.56. The summed E-state index contributed by atoms with van der Waals surface area (Å²) in [6.07, 6.45) is 1.88. The molecular formula is C14H14N4OS. The number of hydrogen-bond donors (Lipinski definition) is 1. The first-order valence-electron chi connectivity index (χ1n) is 6.10. The Morgan fingerprint density at radius 1 is 1.30 bits per heavy atom. The van der Waals surface area contributed by atoms with Gasteiger partial charge in [-0.1, -0.05) is 12.1 Å². The molecule has 0 aliphatic heterocycles. The van der Waals surface area contributed by atoms with E-state index in [1.165, 1.54) is 11.3 Å². The first-order valence-corrected chi connectivity index (χ1v) is 6.98. The van der Waals surface area contributed by atoms with Crippen LogP contribution in [0.15, 0.2) is 35.8 Å². The molecule has 2 heterocycles. The van der Waals surface area contributed by atoms with Crippen molar-refractivity contribution in [3.8, 4) is 11.3 Å². The van der Waals surface area contributed by atoms with Gasteiger partial charge in [-0.05, 0) is 12.1 Å². The molecule has 5 nitrogen and oxygen atoms in total. The van der Waals surface area contributed by atoms with Crippen molar-refractivity contribution >= 4 is 27.9 Å². The molecule has 2 N–H and O–H groups in total. The van der Waals surface area contributed by atoms with Gasteiger partial charge in [-0.15, -0.1) is 11.3 Å². The third-order valence-corrected chi connectivity index (χ3v) is 3.88. The predicted molar refractivity (Wildman–Crippen MR) is 80.9 cm³/mol. The molecule has 102 valence electrons. The number of anilines is 1. The van der Waals surface area contributed by atoms with Crippen molar-refractivity contribution in [2.45, 2.75) is 0 Å². The largest absolute Gasteiger partial charge is 0.399 e. The number of nitrogens with zero attached hydrogens (tertiary/aromatic N) is 3. The topological polar surface area (TPSA) is 63.6 Å². The van der Waals surface area contributed by atoms with E-state index in [9.17, 15) is 4.79 Å². The normalized spacial score (nSPS) is 10.9. The molecule has 0 saturated heterocycles. The van der Waals surface area contributed by atoms with E-state index in [0.29, 0.717) is 5.69 Å². The fourth-order valence-electron chi connectivity index (χ4n) is 1.96. The van der Waals surface area contributed by atoms with Crippen LogP contribution in [0.4, 0.5) is 5.69 Å². The van der Waals surface area contributed by atoms with E-state index in [1.807, 2.05) is 40.2 Å². The summed E-state index contributed by atoms with van der Waals surface area (Å²) in [5.41, 5.74) is 8.85. The maximum Gasteiger partial charge on any atom is 0.271 e. The number of nitrogens with two attached hydrogens (primary N) is 1. The van der Waals surface area contributed by atoms with Crippen LogP contribution < -0.4 is 5.73 Å². The molecule has 1 aromatic carbocycles. The van der Waals surface area contributed by atoms with Crippen LogP contribution in [0, 0.1) is 0 Å². The lowest BCUT2D eigenvalue weighted by molar-refractivity contribution is 0.0821. The van der Waals surface area contributed by atoms with Gasteiger partial charge in [0.05, 0.1) is 5.69 Å². The number of thiazole rings is 1. The molecule has 6 heteroatoms. The minimum Gasteiger partial charge on any atom is -0.399 e. The van der Waals surface area contributed by atoms with Crippen LogP contribution in [0.1, 0.15) is 10.5 Å². The molecule has 0 atom stereocenters. The van der Waals surface area contributed by atoms with Crippen LogP contribution in [0.25, 0.3) is 16.2 Å². The van der Waals surface area contributed by atoms with E-state index in [2.05, 4.69) is 4.98 Å². The van der Waals surface area contributed by atoms with Gasteiger partial charge in [-0.2, -0.15) is 0 Å². The van der Waals surface area contributed by atoms with Gasteiger partial charge in [0.25, 0.3) is 5.91 Å². The first-order chi connectivity index (χ1) is 9.56. The second-order valence-electron chi connectivity index (χ2n) is 4.72. The second kappa shape index (κ2) is 4.64. The van der Waals surface area contributed by atoms with Crippen LogP contribution in [0.3, 0.4) is 0 Å². The molecule has 0 fully saturated rings. The van der Waals surface area contributed by atoms with Crippen molar-refractivity contribution in [2.75, 3.05) is 19.8 Å². The van der Waals surface area contributed by atoms with Crippen molar-refractivity contribution in [2.24, 2.45) is 0 Å². The summed E-state index contributed by atoms with van der Waals surface area (Å²) in [7, 11) is 3.48. The zero-order chi connectivity index (χ0) is 14.3. The molecule has 0 aliphatic carbocycles. The Morgan fingerprint density at radius 3 is 2.65 bits per heavy atom. The summed E-state index contributed by atoms with van der Waals surface area (Å²) in [6, 6.07) is 7.54. The van der Waals surface area contributed by atoms with Gasteiger partial charge in [0, 0.05) is 36.9 Å². The van der Waals surface area contributed by atoms with E-state index in [4.69, 9.17) is 5.73 Å². The summed E-state index contributed by atoms with van der Waals surface area (Å²) >= 11 is 1.46. The molecule has 0 aliphatic rings. The lowest BCUT2D eigenvalue weighted by Crippen LogP contribution is -2.22. The van der Waals surface area contributed by atoms with Crippen LogP contribution in [-0.4, -0.2) is 34.3 Å². The first kappa shape index (κ1) is 12.7. The molecule has 0 radical (unpaired) electrons. The summed E-state index contributed by atoms with van der Waals surface area (Å²) in [6.45, 7) is 0. The molecule has 3 aromatic rings. The van der Waals surface area contributed by atoms with Crippen LogP contribution in [-0.2, 0) is 0 Å². The van der Waals surface area contributed by atoms with Gasteiger partial charge in [0.2, 0.25) is 0 Å². The Kier molecular flexibility index (Phi) is 2.94. The smallest absolute Gasteiger partial charge is 0.271 e. The minimum absolute atomic E-state index is 0.0301. The van der Waals surface area contributed by atoms with Crippen molar-refractivity contribution in [1.82, 2.24) is 14.3 Å². The zero-order valence-corrected chi connectivity index (χ0v) is 12.0. The number of carbonyl (C=O) groups excluding carboxylic acids is 1. The standard InChI is InChI=1S/C14H14N4OS/c1-17(2)13(19)12-8-20-14-16-11(7-18(12)14)9-3-5-10(15)6-4-9/h3-8H,15H2,1-2H3. The van der Waals surface area contributed by atoms with Crippen molar-refractivity contribution in [3.63, 3.8) is 0 Å². The van der Waals surface area contributed by atoms with Crippen molar-refractivity contribution in [3.05, 3.63) is 41.5 Å². The highest BCUT2D eigenvalue weighted by Gasteiger charge is 2.16. The number of hydrogen-bond acceptors (Lipinski definition) is 4. The van der Waals surface area contributed by atoms with E-state index in [-0.39, 0.29) is 5.91 Å². The Labute approximate surface area is 120 Å². The van der Waals surface area contributed by atoms with Gasteiger partial charge < -0.3 is 10.6 Å². The third kappa shape index (κ3) is 2.04. The number of rotatable bonds is 2. The molecular weight excluding hydrogens is 272 g/mol. The van der Waals surface area contributed by atoms with Crippen molar-refractivity contribution in [1.29, 1.82) is 0 Å². The zero-order valence-electron chi connectivity index (χ0n) is 11.2. The average Bonchev–Trinajstić information content (AvgIpc) is 2.98. The molecule has 0 saturated carbocycles. The number of fused-ring (bicyclic) bond motifs is 1. The average molecular weight is 286 g/mol. The monoisotopic (exact) mass is 286 g/mol. The molecule has 2 aromatic heterocycles. The number of imidazole rings is 1. The molecule has 20 heavy (non-hydrogen) atoms. The SMILES string of the molecule is CN(C)C(=O)c1csc2nc(-c3ccc(N)cc3)cn12. The lowest BCUT2D eigenvalue weighted by atomic mass is 10.1. The van der Waals surface area contributed by atoms with Gasteiger partial charge in [0.1, 0.15) is 5.69 Å². The number of benzene rings is 1. The van der Waals surface area contributed by atoms with E-state index in [1.54, 1.807) is 19.0 Å². The highest BCUT2D eigenvalue weighted by atomic mass is 32.1. The number of amides is 1. The van der Waals surface area contributed by atoms with E-state index < -0.39 is 0 Å². The fraction of sp³-hybridized carbons (Fsp3) is 0.143. The number of carbonyl (C=O) groups is 1. The maximum atomic E-state index is 12.1. The quantitative estimate of drug-likeness (QED) is 0.735. The Balaban J connectivity index is 2.07. The van der Waals surface area contributed by atoms with E-state index >= 15 is 0 Å². The summed E-state index contributed by atoms with van der Waals surface area (Å²) < 4.78 is 1.83. The van der Waals surface area contributed by atoms with Crippen LogP contribution in [0.5, 0.6) is 0 Å². The summed E-state index contributed by atoms with van der Waals surface area (Å²) in [4.78, 5) is 19.0. The number of nitrogen functional groups attached to an aromatic ring is 1. The fourth-order valence-corrected chi connectivity index (χ4v) is 2.81. The molecule has 0 bridgehead atoms. The molecule has 0 spiro atoms. The van der Waals surface area contributed by atoms with Crippen LogP contribution in [0.2, 0.25) is 0 Å². The predicted octanol–water partition coefficient (Wildman–Crippen LogP) is 2.35. The number of aromatic nitrogens is 2. The minimum atomic E-state index is -0.0301. The Morgan fingerprint density at radius 2 is 2.00 bits per heavy atom. The van der Waals surface area contributed by atoms with Gasteiger partial charge in [0.15, 0.2) is 4.96 Å². The summed E-state index contributed by atoms with van der Waals surface area (Å²) in [5, 5.41) is 1.83. The molecule has 0 unspecified atom stereocenters. The maximum absolute atomic E-state index is 12.1. The van der Waals surface area contributed by atoms with Gasteiger partial charge in [-0.3, -0.25) is 9.20 Å². The lowest BCUT2D eigenvalue weighted by Gasteiger charge is -2.08. The molecule has 3 rings (SSSR count). The Hall–Kier alpha value is -2.34. The van der Waals surface area contributed by atoms with Gasteiger partial charge >= 0.3 is 0 Å². The van der Waals surface area contributed by atoms with Crippen molar-refractivity contribution < 1.29 is 4.79 Å². The molecule has 1 amide bonds. The van der Waals surface area contributed by atoms with E-state index in [0.717, 1.165) is 21.9 Å². The highest BCUT2D eigenvalue weighted by molar-refractivity contribution is 7.15.